The van der Waals surface area contributed by atoms with E-state index in [9.17, 15) is 4.79 Å². The van der Waals surface area contributed by atoms with Gasteiger partial charge in [0.25, 0.3) is 5.91 Å². The highest BCUT2D eigenvalue weighted by atomic mass is 35.5. The number of carbonyl (C=O) groups excluding carboxylic acids is 1. The van der Waals surface area contributed by atoms with Crippen LogP contribution in [0.4, 0.5) is 11.4 Å². The summed E-state index contributed by atoms with van der Waals surface area (Å²) in [6, 6.07) is 12.4. The Balaban J connectivity index is 2.28. The van der Waals surface area contributed by atoms with E-state index in [4.69, 9.17) is 17.3 Å². The number of halogens is 1. The maximum Gasteiger partial charge on any atom is 0.257 e. The zero-order valence-electron chi connectivity index (χ0n) is 10.3. The highest BCUT2D eigenvalue weighted by Gasteiger charge is 2.12. The average molecular weight is 293 g/mol. The number of benzene rings is 2. The molecule has 0 unspecified atom stereocenters. The Morgan fingerprint density at radius 2 is 2.00 bits per heavy atom. The minimum absolute atomic E-state index is 0.265. The molecule has 0 saturated carbocycles. The van der Waals surface area contributed by atoms with Crippen LogP contribution in [0.15, 0.2) is 47.4 Å². The number of nitrogens with two attached hydrogens (primary N) is 1. The van der Waals surface area contributed by atoms with Crippen LogP contribution < -0.4 is 11.1 Å². The van der Waals surface area contributed by atoms with Crippen molar-refractivity contribution in [2.24, 2.45) is 0 Å². The van der Waals surface area contributed by atoms with E-state index in [0.29, 0.717) is 16.3 Å². The predicted octanol–water partition coefficient (Wildman–Crippen LogP) is 3.90. The van der Waals surface area contributed by atoms with E-state index in [1.54, 1.807) is 30.0 Å². The van der Waals surface area contributed by atoms with E-state index in [1.165, 1.54) is 0 Å². The van der Waals surface area contributed by atoms with Crippen molar-refractivity contribution in [2.75, 3.05) is 17.3 Å². The summed E-state index contributed by atoms with van der Waals surface area (Å²) in [5.74, 6) is -0.265. The number of rotatable bonds is 3. The number of nitrogens with one attached hydrogen (secondary N) is 1. The molecule has 2 aromatic rings. The third kappa shape index (κ3) is 3.22. The summed E-state index contributed by atoms with van der Waals surface area (Å²) in [4.78, 5) is 13.2. The zero-order chi connectivity index (χ0) is 13.8. The van der Waals surface area contributed by atoms with Crippen molar-refractivity contribution in [1.82, 2.24) is 0 Å². The summed E-state index contributed by atoms with van der Waals surface area (Å²) in [5.41, 5.74) is 7.31. The van der Waals surface area contributed by atoms with Crippen LogP contribution in [0.2, 0.25) is 5.02 Å². The fourth-order valence-corrected chi connectivity index (χ4v) is 2.41. The first kappa shape index (κ1) is 13.8. The molecule has 0 radical (unpaired) electrons. The van der Waals surface area contributed by atoms with Gasteiger partial charge in [-0.15, -0.1) is 11.8 Å². The van der Waals surface area contributed by atoms with Crippen molar-refractivity contribution < 1.29 is 4.79 Å². The van der Waals surface area contributed by atoms with Gasteiger partial charge in [0.15, 0.2) is 0 Å². The first-order valence-corrected chi connectivity index (χ1v) is 7.21. The molecule has 3 nitrogen and oxygen atoms in total. The molecule has 0 saturated heterocycles. The maximum absolute atomic E-state index is 12.2. The quantitative estimate of drug-likeness (QED) is 0.666. The van der Waals surface area contributed by atoms with E-state index < -0.39 is 0 Å². The number of hydrogen-bond donors (Lipinski definition) is 2. The topological polar surface area (TPSA) is 55.1 Å². The lowest BCUT2D eigenvalue weighted by atomic mass is 10.2. The van der Waals surface area contributed by atoms with E-state index in [0.717, 1.165) is 10.6 Å². The number of thioether (sulfide) groups is 1. The summed E-state index contributed by atoms with van der Waals surface area (Å²) in [6.07, 6.45) is 1.96. The van der Waals surface area contributed by atoms with Gasteiger partial charge in [-0.05, 0) is 36.6 Å². The molecule has 3 N–H and O–H groups in total. The molecule has 5 heteroatoms. The lowest BCUT2D eigenvalue weighted by Gasteiger charge is -2.10. The van der Waals surface area contributed by atoms with Crippen molar-refractivity contribution in [2.45, 2.75) is 4.90 Å². The molecule has 98 valence electrons. The zero-order valence-corrected chi connectivity index (χ0v) is 11.9. The van der Waals surface area contributed by atoms with Gasteiger partial charge in [-0.25, -0.2) is 0 Å². The summed E-state index contributed by atoms with van der Waals surface area (Å²) in [5, 5.41) is 3.23. The van der Waals surface area contributed by atoms with Gasteiger partial charge in [0.1, 0.15) is 0 Å². The molecule has 0 bridgehead atoms. The van der Waals surface area contributed by atoms with E-state index in [1.807, 2.05) is 30.5 Å². The van der Waals surface area contributed by atoms with Crippen LogP contribution in [0.25, 0.3) is 0 Å². The standard InChI is InChI=1S/C14H13ClN2OS/c1-19-13-5-3-2-4-12(13)17-14(18)10-8-9(16)6-7-11(10)15/h2-8H,16H2,1H3,(H,17,18). The second kappa shape index (κ2) is 5.99. The Kier molecular flexibility index (Phi) is 4.35. The van der Waals surface area contributed by atoms with Gasteiger partial charge in [-0.2, -0.15) is 0 Å². The van der Waals surface area contributed by atoms with Crippen molar-refractivity contribution in [3.05, 3.63) is 53.1 Å². The molecule has 0 aromatic heterocycles. The summed E-state index contributed by atoms with van der Waals surface area (Å²) in [6.45, 7) is 0. The third-order valence-electron chi connectivity index (χ3n) is 2.59. The fraction of sp³-hybridized carbons (Fsp3) is 0.0714. The fourth-order valence-electron chi connectivity index (χ4n) is 1.65. The second-order valence-electron chi connectivity index (χ2n) is 3.89. The summed E-state index contributed by atoms with van der Waals surface area (Å²) < 4.78 is 0. The molecule has 0 aliphatic rings. The van der Waals surface area contributed by atoms with E-state index in [-0.39, 0.29) is 5.91 Å². The molecular formula is C14H13ClN2OS. The second-order valence-corrected chi connectivity index (χ2v) is 5.15. The van der Waals surface area contributed by atoms with Crippen molar-refractivity contribution >= 4 is 40.6 Å². The highest BCUT2D eigenvalue weighted by Crippen LogP contribution is 2.26. The van der Waals surface area contributed by atoms with Gasteiger partial charge in [0.05, 0.1) is 16.3 Å². The third-order valence-corrected chi connectivity index (χ3v) is 3.72. The SMILES string of the molecule is CSc1ccccc1NC(=O)c1cc(N)ccc1Cl. The normalized spacial score (nSPS) is 10.2. The number of nitrogen functional groups attached to an aromatic ring is 1. The molecule has 0 fully saturated rings. The van der Waals surface area contributed by atoms with E-state index >= 15 is 0 Å². The minimum atomic E-state index is -0.265. The molecule has 19 heavy (non-hydrogen) atoms. The monoisotopic (exact) mass is 292 g/mol. The summed E-state index contributed by atoms with van der Waals surface area (Å²) in [7, 11) is 0. The van der Waals surface area contributed by atoms with Gasteiger partial charge in [0, 0.05) is 10.6 Å². The molecule has 0 heterocycles. The molecular weight excluding hydrogens is 280 g/mol. The number of para-hydroxylation sites is 1. The molecule has 0 atom stereocenters. The molecule has 1 amide bonds. The Bertz CT molecular complexity index is 616. The van der Waals surface area contributed by atoms with Crippen molar-refractivity contribution in [3.8, 4) is 0 Å². The maximum atomic E-state index is 12.2. The van der Waals surface area contributed by atoms with E-state index in [2.05, 4.69) is 5.32 Å². The average Bonchev–Trinajstić information content (AvgIpc) is 2.42. The molecule has 0 aliphatic carbocycles. The minimum Gasteiger partial charge on any atom is -0.399 e. The van der Waals surface area contributed by atoms with Gasteiger partial charge in [-0.3, -0.25) is 4.79 Å². The number of amides is 1. The van der Waals surface area contributed by atoms with Crippen LogP contribution in [-0.4, -0.2) is 12.2 Å². The lowest BCUT2D eigenvalue weighted by molar-refractivity contribution is 0.102. The van der Waals surface area contributed by atoms with Crippen LogP contribution >= 0.6 is 23.4 Å². The smallest absolute Gasteiger partial charge is 0.257 e. The molecule has 2 rings (SSSR count). The van der Waals surface area contributed by atoms with Gasteiger partial charge in [-0.1, -0.05) is 23.7 Å². The first-order chi connectivity index (χ1) is 9.11. The van der Waals surface area contributed by atoms with Crippen LogP contribution in [0.3, 0.4) is 0 Å². The molecule has 2 aromatic carbocycles. The number of hydrogen-bond acceptors (Lipinski definition) is 3. The Morgan fingerprint density at radius 1 is 1.26 bits per heavy atom. The van der Waals surface area contributed by atoms with Crippen molar-refractivity contribution in [1.29, 1.82) is 0 Å². The Labute approximate surface area is 121 Å². The lowest BCUT2D eigenvalue weighted by Crippen LogP contribution is -2.13. The number of anilines is 2. The van der Waals surface area contributed by atoms with Gasteiger partial charge < -0.3 is 11.1 Å². The summed E-state index contributed by atoms with van der Waals surface area (Å²) >= 11 is 7.58. The molecule has 0 aliphatic heterocycles. The highest BCUT2D eigenvalue weighted by molar-refractivity contribution is 7.98. The largest absolute Gasteiger partial charge is 0.399 e. The first-order valence-electron chi connectivity index (χ1n) is 5.61. The Hall–Kier alpha value is -1.65. The van der Waals surface area contributed by atoms with Crippen LogP contribution in [0, 0.1) is 0 Å². The number of carbonyl (C=O) groups is 1. The van der Waals surface area contributed by atoms with Crippen LogP contribution in [0.5, 0.6) is 0 Å². The predicted molar refractivity (Wildman–Crippen MR) is 82.0 cm³/mol. The van der Waals surface area contributed by atoms with Gasteiger partial charge in [0.2, 0.25) is 0 Å². The Morgan fingerprint density at radius 3 is 2.74 bits per heavy atom. The van der Waals surface area contributed by atoms with Gasteiger partial charge >= 0.3 is 0 Å². The molecule has 0 spiro atoms. The van der Waals surface area contributed by atoms with Crippen LogP contribution in [0.1, 0.15) is 10.4 Å². The van der Waals surface area contributed by atoms with Crippen molar-refractivity contribution in [3.63, 3.8) is 0 Å². The van der Waals surface area contributed by atoms with Crippen LogP contribution in [-0.2, 0) is 0 Å².